The molecule has 0 amide bonds. The first-order chi connectivity index (χ1) is 21.4. The minimum atomic E-state index is 0.381. The number of thiol groups is 3. The summed E-state index contributed by atoms with van der Waals surface area (Å²) in [6.45, 7) is 25.9. The van der Waals surface area contributed by atoms with E-state index in [-0.39, 0.29) is 0 Å². The summed E-state index contributed by atoms with van der Waals surface area (Å²) < 4.78 is 0. The Morgan fingerprint density at radius 3 is 0.933 bits per heavy atom. The topological polar surface area (TPSA) is 48.4 Å². The molecular weight excluding hydrogens is 673 g/mol. The molecule has 1 aromatic rings. The third kappa shape index (κ3) is 19.9. The van der Waals surface area contributed by atoms with E-state index < -0.39 is 0 Å². The maximum atomic E-state index is 5.28. The van der Waals surface area contributed by atoms with Crippen LogP contribution < -0.4 is 14.7 Å². The average molecular weight is 739 g/mol. The number of nitrogens with zero attached hydrogens (tertiary/aromatic N) is 6. The van der Waals surface area contributed by atoms with Crippen molar-refractivity contribution in [3.8, 4) is 0 Å². The first-order valence-corrected chi connectivity index (χ1v) is 22.0. The molecular formula is C33H66N6S6. The highest BCUT2D eigenvalue weighted by atomic mass is 32.2. The highest BCUT2D eigenvalue weighted by molar-refractivity contribution is 8.01. The predicted octanol–water partition coefficient (Wildman–Crippen LogP) is 9.01. The molecule has 0 N–H and O–H groups in total. The van der Waals surface area contributed by atoms with Gasteiger partial charge in [-0.3, -0.25) is 0 Å². The van der Waals surface area contributed by atoms with Gasteiger partial charge in [-0.2, -0.15) is 88.1 Å². The van der Waals surface area contributed by atoms with Gasteiger partial charge in [-0.25, -0.2) is 0 Å². The normalized spacial score (nSPS) is 15.7. The number of anilines is 3. The van der Waals surface area contributed by atoms with Gasteiger partial charge in [0.15, 0.2) is 0 Å². The molecule has 0 fully saturated rings. The van der Waals surface area contributed by atoms with Crippen LogP contribution in [-0.4, -0.2) is 103 Å². The Labute approximate surface area is 307 Å². The van der Waals surface area contributed by atoms with Crippen molar-refractivity contribution in [3.63, 3.8) is 0 Å². The van der Waals surface area contributed by atoms with Crippen LogP contribution >= 0.6 is 73.2 Å². The molecule has 0 aliphatic carbocycles. The van der Waals surface area contributed by atoms with Gasteiger partial charge in [0.2, 0.25) is 17.8 Å². The summed E-state index contributed by atoms with van der Waals surface area (Å²) in [6.07, 6.45) is 6.75. The zero-order valence-electron chi connectivity index (χ0n) is 29.8. The van der Waals surface area contributed by atoms with Crippen LogP contribution in [0.25, 0.3) is 0 Å². The summed E-state index contributed by atoms with van der Waals surface area (Å²) in [5.41, 5.74) is 0. The molecule has 0 aliphatic heterocycles. The Balaban J connectivity index is 3.64. The van der Waals surface area contributed by atoms with Crippen molar-refractivity contribution in [2.24, 2.45) is 0 Å². The van der Waals surface area contributed by atoms with Crippen molar-refractivity contribution in [2.45, 2.75) is 132 Å². The van der Waals surface area contributed by atoms with Gasteiger partial charge in [0.1, 0.15) is 0 Å². The van der Waals surface area contributed by atoms with Crippen LogP contribution in [0.15, 0.2) is 0 Å². The molecule has 6 unspecified atom stereocenters. The molecule has 45 heavy (non-hydrogen) atoms. The summed E-state index contributed by atoms with van der Waals surface area (Å²) in [4.78, 5) is 23.1. The van der Waals surface area contributed by atoms with E-state index in [4.69, 9.17) is 15.0 Å². The maximum absolute atomic E-state index is 5.28. The quantitative estimate of drug-likeness (QED) is 0.0768. The van der Waals surface area contributed by atoms with Gasteiger partial charge in [-0.1, -0.05) is 81.6 Å². The van der Waals surface area contributed by atoms with Gasteiger partial charge in [0.25, 0.3) is 0 Å². The fraction of sp³-hybridized carbons (Fsp3) is 0.909. The minimum Gasteiger partial charge on any atom is -0.340 e. The SMILES string of the molecule is CCCCN(CC(C)SCC(C)S)c1nc(N(CCCC)CC(C)SCC(C)S)nc(N(CCCC)CC(C)SCC(C)S)n1. The predicted molar refractivity (Wildman–Crippen MR) is 222 cm³/mol. The zero-order valence-corrected chi connectivity index (χ0v) is 35.0. The lowest BCUT2D eigenvalue weighted by Crippen LogP contribution is -2.38. The molecule has 0 aromatic carbocycles. The van der Waals surface area contributed by atoms with Crippen molar-refractivity contribution in [3.05, 3.63) is 0 Å². The molecule has 0 radical (unpaired) electrons. The largest absolute Gasteiger partial charge is 0.340 e. The van der Waals surface area contributed by atoms with E-state index in [1.807, 2.05) is 35.3 Å². The Morgan fingerprint density at radius 1 is 0.489 bits per heavy atom. The van der Waals surface area contributed by atoms with Gasteiger partial charge >= 0.3 is 0 Å². The Morgan fingerprint density at radius 2 is 0.733 bits per heavy atom. The lowest BCUT2D eigenvalue weighted by Gasteiger charge is -2.32. The standard InChI is InChI=1S/C33H66N6S6/c1-10-13-16-37(19-28(7)43-22-25(4)40)31-34-32(38(17-14-11-2)20-29(8)44-23-26(5)41)36-33(35-31)39(18-15-12-3)21-30(9)45-24-27(6)42/h25-30,40-42H,10-24H2,1-9H3. The van der Waals surface area contributed by atoms with Crippen molar-refractivity contribution >= 4 is 91.0 Å². The molecule has 0 aliphatic rings. The molecule has 0 saturated carbocycles. The Hall–Kier alpha value is 0.510. The molecule has 12 heteroatoms. The van der Waals surface area contributed by atoms with Crippen LogP contribution in [0.3, 0.4) is 0 Å². The second kappa shape index (κ2) is 25.5. The number of hydrogen-bond acceptors (Lipinski definition) is 12. The van der Waals surface area contributed by atoms with E-state index in [0.717, 1.165) is 113 Å². The minimum absolute atomic E-state index is 0.381. The van der Waals surface area contributed by atoms with Crippen LogP contribution in [0.1, 0.15) is 101 Å². The first kappa shape index (κ1) is 43.5. The number of hydrogen-bond donors (Lipinski definition) is 3. The third-order valence-corrected chi connectivity index (χ3v) is 12.6. The Bertz CT molecular complexity index is 758. The van der Waals surface area contributed by atoms with Crippen LogP contribution in [0.2, 0.25) is 0 Å². The van der Waals surface area contributed by atoms with Gasteiger partial charge in [0, 0.05) is 88.0 Å². The van der Waals surface area contributed by atoms with Gasteiger partial charge in [-0.15, -0.1) is 0 Å². The first-order valence-electron chi connectivity index (χ1n) is 17.3. The fourth-order valence-corrected chi connectivity index (χ4v) is 8.08. The number of aromatic nitrogens is 3. The highest BCUT2D eigenvalue weighted by Crippen LogP contribution is 2.26. The second-order valence-electron chi connectivity index (χ2n) is 12.6. The summed E-state index contributed by atoms with van der Waals surface area (Å²) in [5, 5.41) is 2.50. The fourth-order valence-electron chi connectivity index (χ4n) is 4.63. The average Bonchev–Trinajstić information content (AvgIpc) is 2.99. The van der Waals surface area contributed by atoms with E-state index in [9.17, 15) is 0 Å². The molecule has 0 saturated heterocycles. The zero-order chi connectivity index (χ0) is 33.8. The summed E-state index contributed by atoms with van der Waals surface area (Å²) in [5.74, 6) is 5.59. The lowest BCUT2D eigenvalue weighted by molar-refractivity contribution is 0.654. The summed E-state index contributed by atoms with van der Waals surface area (Å²) in [7, 11) is 0. The number of thioether (sulfide) groups is 3. The molecule has 1 aromatic heterocycles. The van der Waals surface area contributed by atoms with Crippen LogP contribution in [0.5, 0.6) is 0 Å². The van der Waals surface area contributed by atoms with E-state index >= 15 is 0 Å². The maximum Gasteiger partial charge on any atom is 0.232 e. The molecule has 0 bridgehead atoms. The number of unbranched alkanes of at least 4 members (excludes halogenated alkanes) is 3. The Kier molecular flexibility index (Phi) is 24.6. The monoisotopic (exact) mass is 738 g/mol. The molecule has 6 nitrogen and oxygen atoms in total. The van der Waals surface area contributed by atoms with Crippen molar-refractivity contribution in [1.29, 1.82) is 0 Å². The molecule has 1 heterocycles. The number of rotatable bonds is 27. The molecule has 264 valence electrons. The second-order valence-corrected chi connectivity index (χ2v) is 19.7. The van der Waals surface area contributed by atoms with Gasteiger partial charge in [0.05, 0.1) is 0 Å². The van der Waals surface area contributed by atoms with Crippen molar-refractivity contribution in [2.75, 3.05) is 71.2 Å². The lowest BCUT2D eigenvalue weighted by atomic mass is 10.3. The van der Waals surface area contributed by atoms with Gasteiger partial charge in [-0.05, 0) is 19.3 Å². The highest BCUT2D eigenvalue weighted by Gasteiger charge is 2.24. The van der Waals surface area contributed by atoms with Crippen molar-refractivity contribution < 1.29 is 0 Å². The summed E-state index contributed by atoms with van der Waals surface area (Å²) in [6, 6.07) is 0. The summed E-state index contributed by atoms with van der Waals surface area (Å²) >= 11 is 19.9. The van der Waals surface area contributed by atoms with Crippen molar-refractivity contribution in [1.82, 2.24) is 15.0 Å². The van der Waals surface area contributed by atoms with E-state index in [0.29, 0.717) is 31.5 Å². The van der Waals surface area contributed by atoms with E-state index in [1.165, 1.54) is 0 Å². The van der Waals surface area contributed by atoms with E-state index in [2.05, 4.69) is 115 Å². The van der Waals surface area contributed by atoms with Crippen LogP contribution in [0, 0.1) is 0 Å². The van der Waals surface area contributed by atoms with Crippen LogP contribution in [-0.2, 0) is 0 Å². The molecule has 1 rings (SSSR count). The van der Waals surface area contributed by atoms with E-state index in [1.54, 1.807) is 0 Å². The molecule has 0 spiro atoms. The smallest absolute Gasteiger partial charge is 0.232 e. The third-order valence-electron chi connectivity index (χ3n) is 7.09. The van der Waals surface area contributed by atoms with Crippen LogP contribution in [0.4, 0.5) is 17.8 Å². The van der Waals surface area contributed by atoms with Gasteiger partial charge < -0.3 is 14.7 Å². The molecule has 6 atom stereocenters.